The van der Waals surface area contributed by atoms with E-state index in [0.29, 0.717) is 12.4 Å². The predicted molar refractivity (Wildman–Crippen MR) is 169 cm³/mol. The topological polar surface area (TPSA) is 160 Å². The summed E-state index contributed by atoms with van der Waals surface area (Å²) in [5.74, 6) is 1.01. The lowest BCUT2D eigenvalue weighted by atomic mass is 10.1. The van der Waals surface area contributed by atoms with Crippen LogP contribution in [0.25, 0.3) is 5.52 Å². The van der Waals surface area contributed by atoms with Gasteiger partial charge in [-0.3, -0.25) is 4.79 Å². The van der Waals surface area contributed by atoms with Gasteiger partial charge in [0, 0.05) is 19.4 Å². The van der Waals surface area contributed by atoms with Crippen LogP contribution in [0.4, 0.5) is 5.82 Å². The van der Waals surface area contributed by atoms with E-state index in [-0.39, 0.29) is 27.2 Å². The highest BCUT2D eigenvalue weighted by Crippen LogP contribution is 2.22. The summed E-state index contributed by atoms with van der Waals surface area (Å²) in [5.41, 5.74) is 13.1. The third-order valence-corrected chi connectivity index (χ3v) is 6.41. The number of benzene rings is 1. The zero-order chi connectivity index (χ0) is 31.8. The van der Waals surface area contributed by atoms with E-state index in [1.165, 1.54) is 19.2 Å². The Morgan fingerprint density at radius 1 is 1.12 bits per heavy atom. The van der Waals surface area contributed by atoms with Gasteiger partial charge in [0.1, 0.15) is 29.7 Å². The number of esters is 1. The fraction of sp³-hybridized carbons (Fsp3) is 0.533. The second-order valence-electron chi connectivity index (χ2n) is 8.60. The number of aromatic nitrogens is 3. The Hall–Kier alpha value is -3.29. The Balaban J connectivity index is 0.000000827. The smallest absolute Gasteiger partial charge is 0.322 e. The van der Waals surface area contributed by atoms with Crippen molar-refractivity contribution in [3.63, 3.8) is 0 Å². The van der Waals surface area contributed by atoms with Crippen molar-refractivity contribution in [2.45, 2.75) is 91.4 Å². The molecular weight excluding hydrogens is 555 g/mol. The summed E-state index contributed by atoms with van der Waals surface area (Å²) in [6.07, 6.45) is 7.58. The molecule has 0 bridgehead atoms. The van der Waals surface area contributed by atoms with Gasteiger partial charge in [0.05, 0.1) is 12.7 Å². The van der Waals surface area contributed by atoms with Crippen molar-refractivity contribution < 1.29 is 23.3 Å². The Morgan fingerprint density at radius 3 is 2.36 bits per heavy atom. The molecule has 42 heavy (non-hydrogen) atoms. The first-order valence-electron chi connectivity index (χ1n) is 14.4. The minimum Gasteiger partial charge on any atom is -0.461 e. The van der Waals surface area contributed by atoms with Crippen LogP contribution in [-0.2, 0) is 25.2 Å². The van der Waals surface area contributed by atoms with E-state index < -0.39 is 6.04 Å². The molecule has 0 radical (unpaired) electrons. The van der Waals surface area contributed by atoms with Gasteiger partial charge in [-0.1, -0.05) is 45.9 Å². The van der Waals surface area contributed by atoms with Gasteiger partial charge in [0.15, 0.2) is 5.82 Å². The molecule has 3 atom stereocenters. The number of ether oxygens (including phenoxy) is 2. The molecule has 4 N–H and O–H groups in total. The first-order valence-corrected chi connectivity index (χ1v) is 15.2. The van der Waals surface area contributed by atoms with E-state index in [1.54, 1.807) is 14.0 Å². The second-order valence-corrected chi connectivity index (χ2v) is 9.26. The third kappa shape index (κ3) is 14.6. The molecular formula is C30H49N6O5P. The highest BCUT2D eigenvalue weighted by Gasteiger charge is 2.20. The van der Waals surface area contributed by atoms with Crippen molar-refractivity contribution in [1.29, 1.82) is 5.26 Å². The average Bonchev–Trinajstić information content (AvgIpc) is 3.71. The van der Waals surface area contributed by atoms with Crippen LogP contribution >= 0.6 is 9.03 Å². The molecule has 4 rings (SSSR count). The van der Waals surface area contributed by atoms with Crippen LogP contribution in [0.1, 0.15) is 72.4 Å². The normalized spacial score (nSPS) is 13.6. The monoisotopic (exact) mass is 604 g/mol. The van der Waals surface area contributed by atoms with E-state index in [0.717, 1.165) is 42.6 Å². The molecule has 1 saturated carbocycles. The zero-order valence-corrected chi connectivity index (χ0v) is 26.9. The number of anilines is 1. The first kappa shape index (κ1) is 38.7. The van der Waals surface area contributed by atoms with Crippen molar-refractivity contribution in [2.24, 2.45) is 5.73 Å². The molecule has 0 amide bonds. The highest BCUT2D eigenvalue weighted by atomic mass is 31.1. The summed E-state index contributed by atoms with van der Waals surface area (Å²) in [6, 6.07) is 13.1. The number of methoxy groups -OCH3 is 1. The van der Waals surface area contributed by atoms with Gasteiger partial charge in [0.25, 0.3) is 0 Å². The number of carbonyl (C=O) groups is 1. The van der Waals surface area contributed by atoms with Gasteiger partial charge in [-0.2, -0.15) is 5.10 Å². The number of fused-ring (bicyclic) bond motifs is 1. The number of para-hydroxylation sites is 1. The third-order valence-electron chi connectivity index (χ3n) is 5.80. The lowest BCUT2D eigenvalue weighted by molar-refractivity contribution is -0.149. The fourth-order valence-electron chi connectivity index (χ4n) is 3.75. The number of nitrogen functional groups attached to an aromatic ring is 1. The molecule has 0 aliphatic heterocycles. The van der Waals surface area contributed by atoms with Crippen molar-refractivity contribution in [1.82, 2.24) is 14.6 Å². The molecule has 0 saturated heterocycles. The molecule has 11 nitrogen and oxygen atoms in total. The lowest BCUT2D eigenvalue weighted by Gasteiger charge is -2.15. The Morgan fingerprint density at radius 2 is 1.76 bits per heavy atom. The minimum atomic E-state index is -0.476. The van der Waals surface area contributed by atoms with Crippen LogP contribution in [0, 0.1) is 11.8 Å². The predicted octanol–water partition coefficient (Wildman–Crippen LogP) is 5.87. The summed E-state index contributed by atoms with van der Waals surface area (Å²) >= 11 is 0. The van der Waals surface area contributed by atoms with Crippen LogP contribution in [0.2, 0.25) is 0 Å². The molecule has 2 heterocycles. The van der Waals surface area contributed by atoms with E-state index in [1.807, 2.05) is 74.7 Å². The van der Waals surface area contributed by atoms with Crippen LogP contribution in [0.5, 0.6) is 5.75 Å². The summed E-state index contributed by atoms with van der Waals surface area (Å²) in [4.78, 5) is 14.9. The van der Waals surface area contributed by atoms with Gasteiger partial charge >= 0.3 is 5.97 Å². The van der Waals surface area contributed by atoms with Gasteiger partial charge in [-0.25, -0.2) is 14.8 Å². The molecule has 2 aromatic heterocycles. The standard InChI is InChI=1S/C17H21N4O3P.C8H15NO2.2C2H6.CHN/c1-22-15(11-23-25-24-14-5-3-2-4-6-14)9-7-13-8-10-16-17(18)19-12-20-21(13)16;1-6(9)8(10)11-7-4-2-3-5-7;3*1-2/h2-6,8,10,12,15,25H,7,9,11H2,1H3,(H2,18,19,20);6-7H,2-5,9H2,1H3;2*1-2H3;1H. The van der Waals surface area contributed by atoms with Crippen LogP contribution in [0.15, 0.2) is 48.8 Å². The molecule has 3 unspecified atom stereocenters. The summed E-state index contributed by atoms with van der Waals surface area (Å²) < 4.78 is 23.6. The van der Waals surface area contributed by atoms with Crippen LogP contribution in [-0.4, -0.2) is 52.5 Å². The number of hydrogen-bond acceptors (Lipinski definition) is 10. The van der Waals surface area contributed by atoms with Crippen molar-refractivity contribution in [3.8, 4) is 12.3 Å². The van der Waals surface area contributed by atoms with Gasteiger partial charge in [0.2, 0.25) is 9.03 Å². The summed E-state index contributed by atoms with van der Waals surface area (Å²) in [7, 11) is 1.63. The van der Waals surface area contributed by atoms with E-state index >= 15 is 0 Å². The van der Waals surface area contributed by atoms with E-state index in [2.05, 4.69) is 16.7 Å². The maximum Gasteiger partial charge on any atom is 0.322 e. The maximum absolute atomic E-state index is 11.0. The number of carbonyl (C=O) groups excluding carboxylic acids is 1. The van der Waals surface area contributed by atoms with Gasteiger partial charge in [-0.15, -0.1) is 0 Å². The molecule has 12 heteroatoms. The minimum absolute atomic E-state index is 0.0170. The van der Waals surface area contributed by atoms with Gasteiger partial charge < -0.3 is 30.0 Å². The maximum atomic E-state index is 11.0. The summed E-state index contributed by atoms with van der Waals surface area (Å²) in [5, 5.41) is 10.7. The largest absolute Gasteiger partial charge is 0.461 e. The second kappa shape index (κ2) is 24.3. The molecule has 1 aromatic carbocycles. The Labute approximate surface area is 252 Å². The van der Waals surface area contributed by atoms with E-state index in [4.69, 9.17) is 35.3 Å². The van der Waals surface area contributed by atoms with Crippen LogP contribution in [0.3, 0.4) is 0 Å². The van der Waals surface area contributed by atoms with Gasteiger partial charge in [-0.05, 0) is 69.7 Å². The molecule has 1 aliphatic carbocycles. The van der Waals surface area contributed by atoms with Crippen molar-refractivity contribution >= 4 is 26.3 Å². The average molecular weight is 605 g/mol. The molecule has 1 fully saturated rings. The summed E-state index contributed by atoms with van der Waals surface area (Å²) in [6.45, 7) is 13.6. The Bertz CT molecular complexity index is 1110. The number of nitrogens with zero attached hydrogens (tertiary/aromatic N) is 4. The highest BCUT2D eigenvalue weighted by molar-refractivity contribution is 7.26. The number of nitrogens with two attached hydrogens (primary N) is 2. The first-order chi connectivity index (χ1) is 20.5. The lowest BCUT2D eigenvalue weighted by Crippen LogP contribution is -2.31. The Kier molecular flexibility index (Phi) is 22.4. The fourth-order valence-corrected chi connectivity index (χ4v) is 4.29. The molecule has 1 aliphatic rings. The number of nitriles is 1. The number of rotatable bonds is 11. The molecule has 0 spiro atoms. The van der Waals surface area contributed by atoms with Crippen LogP contribution < -0.4 is 16.0 Å². The number of aryl methyl sites for hydroxylation is 1. The van der Waals surface area contributed by atoms with Crippen molar-refractivity contribution in [2.75, 3.05) is 19.5 Å². The molecule has 3 aromatic rings. The quantitative estimate of drug-likeness (QED) is 0.154. The number of hydrogen-bond donors (Lipinski definition) is 2. The molecule has 234 valence electrons. The SMILES string of the molecule is C#N.CC.CC.CC(N)C(=O)OC1CCCC1.COC(CCc1ccc2c(N)ncnn12)COPOc1ccccc1. The van der Waals surface area contributed by atoms with Crippen molar-refractivity contribution in [3.05, 3.63) is 54.5 Å². The van der Waals surface area contributed by atoms with E-state index in [9.17, 15) is 4.79 Å². The zero-order valence-electron chi connectivity index (χ0n) is 25.9.